The molecule has 0 aromatic heterocycles. The van der Waals surface area contributed by atoms with Crippen LogP contribution in [0.3, 0.4) is 0 Å². The van der Waals surface area contributed by atoms with Crippen molar-refractivity contribution in [2.75, 3.05) is 13.2 Å². The second kappa shape index (κ2) is 9.88. The van der Waals surface area contributed by atoms with Crippen LogP contribution in [0, 0.1) is 0 Å². The fourth-order valence-electron chi connectivity index (χ4n) is 2.27. The summed E-state index contributed by atoms with van der Waals surface area (Å²) >= 11 is 12.1. The van der Waals surface area contributed by atoms with Gasteiger partial charge in [0.1, 0.15) is 6.61 Å². The predicted molar refractivity (Wildman–Crippen MR) is 102 cm³/mol. The van der Waals surface area contributed by atoms with Crippen molar-refractivity contribution in [3.05, 3.63) is 57.6 Å². The Kier molecular flexibility index (Phi) is 7.85. The molecule has 0 spiro atoms. The van der Waals surface area contributed by atoms with Gasteiger partial charge in [-0.25, -0.2) is 0 Å². The zero-order valence-electron chi connectivity index (χ0n) is 14.4. The van der Waals surface area contributed by atoms with E-state index in [1.807, 2.05) is 31.2 Å². The van der Waals surface area contributed by atoms with Crippen LogP contribution in [-0.4, -0.2) is 24.4 Å². The van der Waals surface area contributed by atoms with Gasteiger partial charge in [0.25, 0.3) is 0 Å². The molecule has 0 aliphatic carbocycles. The molecule has 0 radical (unpaired) electrons. The number of benzene rings is 2. The predicted octanol–water partition coefficient (Wildman–Crippen LogP) is 4.44. The quantitative estimate of drug-likeness (QED) is 0.671. The summed E-state index contributed by atoms with van der Waals surface area (Å²) in [6, 6.07) is 11.1. The van der Waals surface area contributed by atoms with Crippen molar-refractivity contribution in [3.63, 3.8) is 0 Å². The lowest BCUT2D eigenvalue weighted by Gasteiger charge is -2.15. The lowest BCUT2D eigenvalue weighted by atomic mass is 10.2. The van der Waals surface area contributed by atoms with Crippen molar-refractivity contribution in [2.24, 2.45) is 0 Å². The van der Waals surface area contributed by atoms with Crippen LogP contribution >= 0.6 is 23.2 Å². The summed E-state index contributed by atoms with van der Waals surface area (Å²) in [5, 5.41) is 13.7. The van der Waals surface area contributed by atoms with Gasteiger partial charge < -0.3 is 19.9 Å². The Morgan fingerprint density at radius 2 is 1.88 bits per heavy atom. The van der Waals surface area contributed by atoms with Gasteiger partial charge in [0, 0.05) is 28.7 Å². The third kappa shape index (κ3) is 6.40. The molecule has 4 nitrogen and oxygen atoms in total. The number of halogens is 2. The minimum Gasteiger partial charge on any atom is -0.490 e. The summed E-state index contributed by atoms with van der Waals surface area (Å²) in [6.45, 7) is 5.74. The van der Waals surface area contributed by atoms with Crippen LogP contribution in [0.4, 0.5) is 0 Å². The zero-order valence-corrected chi connectivity index (χ0v) is 15.9. The maximum absolute atomic E-state index is 9.30. The molecule has 0 aliphatic rings. The average molecular weight is 384 g/mol. The van der Waals surface area contributed by atoms with Crippen LogP contribution in [0.25, 0.3) is 0 Å². The highest BCUT2D eigenvalue weighted by Crippen LogP contribution is 2.30. The Labute approximate surface area is 158 Å². The van der Waals surface area contributed by atoms with Crippen molar-refractivity contribution in [3.8, 4) is 11.5 Å². The van der Waals surface area contributed by atoms with Crippen LogP contribution in [0.5, 0.6) is 11.5 Å². The summed E-state index contributed by atoms with van der Waals surface area (Å²) in [7, 11) is 0. The van der Waals surface area contributed by atoms with Gasteiger partial charge in [-0.15, -0.1) is 0 Å². The Bertz CT molecular complexity index is 692. The molecule has 0 amide bonds. The number of nitrogens with one attached hydrogen (secondary N) is 1. The molecule has 6 heteroatoms. The summed E-state index contributed by atoms with van der Waals surface area (Å²) < 4.78 is 11.6. The van der Waals surface area contributed by atoms with E-state index in [0.717, 1.165) is 11.1 Å². The van der Waals surface area contributed by atoms with E-state index in [4.69, 9.17) is 32.7 Å². The molecule has 0 bridgehead atoms. The summed E-state index contributed by atoms with van der Waals surface area (Å²) in [5.74, 6) is 1.34. The number of hydrogen-bond donors (Lipinski definition) is 2. The van der Waals surface area contributed by atoms with Crippen LogP contribution in [-0.2, 0) is 13.2 Å². The van der Waals surface area contributed by atoms with E-state index in [9.17, 15) is 5.11 Å². The third-order valence-corrected chi connectivity index (χ3v) is 4.06. The molecule has 0 aliphatic heterocycles. The molecule has 2 rings (SSSR count). The minimum atomic E-state index is -0.377. The minimum absolute atomic E-state index is 0.329. The van der Waals surface area contributed by atoms with E-state index in [0.29, 0.717) is 47.8 Å². The Balaban J connectivity index is 2.05. The number of ether oxygens (including phenoxy) is 2. The van der Waals surface area contributed by atoms with Crippen LogP contribution in [0.15, 0.2) is 36.4 Å². The fourth-order valence-corrected chi connectivity index (χ4v) is 2.73. The Hall–Kier alpha value is -1.46. The van der Waals surface area contributed by atoms with Crippen molar-refractivity contribution in [1.82, 2.24) is 5.32 Å². The molecule has 0 fully saturated rings. The molecular formula is C19H23Cl2NO3. The summed E-state index contributed by atoms with van der Waals surface area (Å²) in [4.78, 5) is 0. The van der Waals surface area contributed by atoms with Crippen LogP contribution in [0.1, 0.15) is 25.0 Å². The maximum Gasteiger partial charge on any atom is 0.161 e. The highest BCUT2D eigenvalue weighted by Gasteiger charge is 2.09. The highest BCUT2D eigenvalue weighted by atomic mass is 35.5. The second-order valence-electron chi connectivity index (χ2n) is 5.72. The molecule has 0 saturated heterocycles. The third-order valence-electron chi connectivity index (χ3n) is 3.48. The molecule has 0 saturated carbocycles. The first kappa shape index (κ1) is 19.9. The second-order valence-corrected chi connectivity index (χ2v) is 6.56. The molecular weight excluding hydrogens is 361 g/mol. The van der Waals surface area contributed by atoms with Gasteiger partial charge in [0.05, 0.1) is 12.7 Å². The number of aliphatic hydroxyl groups is 1. The number of hydrogen-bond acceptors (Lipinski definition) is 4. The van der Waals surface area contributed by atoms with E-state index in [2.05, 4.69) is 5.32 Å². The number of aliphatic hydroxyl groups excluding tert-OH is 1. The molecule has 2 N–H and O–H groups in total. The summed E-state index contributed by atoms with van der Waals surface area (Å²) in [6.07, 6.45) is -0.377. The van der Waals surface area contributed by atoms with Gasteiger partial charge in [-0.1, -0.05) is 35.3 Å². The highest BCUT2D eigenvalue weighted by molar-refractivity contribution is 6.35. The van der Waals surface area contributed by atoms with Crippen molar-refractivity contribution in [2.45, 2.75) is 33.1 Å². The van der Waals surface area contributed by atoms with E-state index in [1.165, 1.54) is 0 Å². The van der Waals surface area contributed by atoms with E-state index in [-0.39, 0.29) is 6.10 Å². The SMILES string of the molecule is CCOc1cc(CNCC(C)O)ccc1OCc1ccc(Cl)cc1Cl. The van der Waals surface area contributed by atoms with Crippen LogP contribution in [0.2, 0.25) is 10.0 Å². The van der Waals surface area contributed by atoms with Gasteiger partial charge in [-0.3, -0.25) is 0 Å². The zero-order chi connectivity index (χ0) is 18.2. The Morgan fingerprint density at radius 3 is 2.56 bits per heavy atom. The topological polar surface area (TPSA) is 50.7 Å². The monoisotopic (exact) mass is 383 g/mol. The van der Waals surface area contributed by atoms with Gasteiger partial charge in [-0.2, -0.15) is 0 Å². The van der Waals surface area contributed by atoms with Crippen molar-refractivity contribution >= 4 is 23.2 Å². The van der Waals surface area contributed by atoms with Crippen molar-refractivity contribution < 1.29 is 14.6 Å². The van der Waals surface area contributed by atoms with Gasteiger partial charge in [-0.05, 0) is 43.7 Å². The van der Waals surface area contributed by atoms with Gasteiger partial charge >= 0.3 is 0 Å². The van der Waals surface area contributed by atoms with Crippen molar-refractivity contribution in [1.29, 1.82) is 0 Å². The molecule has 2 aromatic carbocycles. The molecule has 1 unspecified atom stereocenters. The lowest BCUT2D eigenvalue weighted by Crippen LogP contribution is -2.23. The maximum atomic E-state index is 9.30. The van der Waals surface area contributed by atoms with Gasteiger partial charge in [0.15, 0.2) is 11.5 Å². The average Bonchev–Trinajstić information content (AvgIpc) is 2.55. The van der Waals surface area contributed by atoms with E-state index >= 15 is 0 Å². The fraction of sp³-hybridized carbons (Fsp3) is 0.368. The molecule has 0 heterocycles. The van der Waals surface area contributed by atoms with E-state index < -0.39 is 0 Å². The molecule has 2 aromatic rings. The first-order valence-electron chi connectivity index (χ1n) is 8.20. The molecule has 1 atom stereocenters. The van der Waals surface area contributed by atoms with Crippen LogP contribution < -0.4 is 14.8 Å². The summed E-state index contributed by atoms with van der Waals surface area (Å²) in [5.41, 5.74) is 1.91. The first-order chi connectivity index (χ1) is 12.0. The van der Waals surface area contributed by atoms with Gasteiger partial charge in [0.2, 0.25) is 0 Å². The van der Waals surface area contributed by atoms with E-state index in [1.54, 1.807) is 19.1 Å². The molecule has 136 valence electrons. The normalized spacial score (nSPS) is 12.0. The Morgan fingerprint density at radius 1 is 1.08 bits per heavy atom. The standard InChI is InChI=1S/C19H23Cl2NO3/c1-3-24-19-8-14(11-22-10-13(2)23)4-7-18(19)25-12-15-5-6-16(20)9-17(15)21/h4-9,13,22-23H,3,10-12H2,1-2H3. The largest absolute Gasteiger partial charge is 0.490 e. The number of rotatable bonds is 9. The smallest absolute Gasteiger partial charge is 0.161 e. The first-order valence-corrected chi connectivity index (χ1v) is 8.96. The lowest BCUT2D eigenvalue weighted by molar-refractivity contribution is 0.191. The molecule has 25 heavy (non-hydrogen) atoms.